The Bertz CT molecular complexity index is 1710. The van der Waals surface area contributed by atoms with Crippen LogP contribution >= 0.6 is 11.3 Å². The number of Topliss-reactive ketones (excluding diaryl/α,β-unsaturated/α-hetero) is 1. The number of anilines is 1. The zero-order valence-corrected chi connectivity index (χ0v) is 23.9. The van der Waals surface area contributed by atoms with E-state index in [2.05, 4.69) is 20.8 Å². The number of aliphatic hydroxyl groups is 1. The van der Waals surface area contributed by atoms with Crippen LogP contribution in [0.5, 0.6) is 11.5 Å². The largest absolute Gasteiger partial charge is 0.507 e. The number of amides is 1. The predicted octanol–water partition coefficient (Wildman–Crippen LogP) is 6.61. The lowest BCUT2D eigenvalue weighted by molar-refractivity contribution is -0.132. The summed E-state index contributed by atoms with van der Waals surface area (Å²) < 4.78 is 12.2. The summed E-state index contributed by atoms with van der Waals surface area (Å²) in [6.07, 6.45) is 0. The van der Waals surface area contributed by atoms with Gasteiger partial charge in [0.15, 0.2) is 16.6 Å². The first-order valence-corrected chi connectivity index (χ1v) is 14.0. The number of hydrogen-bond donors (Lipinski definition) is 1. The molecule has 40 heavy (non-hydrogen) atoms. The Balaban J connectivity index is 1.54. The van der Waals surface area contributed by atoms with Crippen molar-refractivity contribution < 1.29 is 24.2 Å². The molecule has 1 amide bonds. The van der Waals surface area contributed by atoms with Crippen LogP contribution in [0.25, 0.3) is 16.0 Å². The molecule has 4 aromatic rings. The molecule has 1 aromatic heterocycles. The summed E-state index contributed by atoms with van der Waals surface area (Å²) in [5.74, 6) is -0.705. The molecule has 3 heterocycles. The first-order valence-electron chi connectivity index (χ1n) is 13.2. The van der Waals surface area contributed by atoms with Gasteiger partial charge in [0.25, 0.3) is 5.78 Å². The molecule has 1 N–H and O–H groups in total. The molecule has 3 aromatic carbocycles. The van der Waals surface area contributed by atoms with Gasteiger partial charge in [-0.05, 0) is 65.8 Å². The number of ether oxygens (including phenoxy) is 2. The number of fused-ring (bicyclic) bond motifs is 2. The Morgan fingerprint density at radius 3 is 2.38 bits per heavy atom. The number of aliphatic hydroxyl groups excluding tert-OH is 1. The fraction of sp³-hybridized carbons (Fsp3) is 0.281. The molecule has 1 atom stereocenters. The van der Waals surface area contributed by atoms with Gasteiger partial charge in [-0.1, -0.05) is 62.4 Å². The third-order valence-electron chi connectivity index (χ3n) is 7.38. The lowest BCUT2D eigenvalue weighted by Crippen LogP contribution is -2.29. The molecule has 1 fully saturated rings. The highest BCUT2D eigenvalue weighted by Gasteiger charge is 2.48. The monoisotopic (exact) mass is 554 g/mol. The number of ketones is 1. The maximum Gasteiger partial charge on any atom is 0.301 e. The topological polar surface area (TPSA) is 89.0 Å². The number of aromatic nitrogens is 1. The Labute approximate surface area is 236 Å². The van der Waals surface area contributed by atoms with E-state index < -0.39 is 17.7 Å². The third kappa shape index (κ3) is 4.32. The van der Waals surface area contributed by atoms with E-state index in [4.69, 9.17) is 14.5 Å². The molecular weight excluding hydrogens is 524 g/mol. The van der Waals surface area contributed by atoms with Crippen LogP contribution in [0.4, 0.5) is 5.13 Å². The fourth-order valence-electron chi connectivity index (χ4n) is 5.32. The zero-order valence-electron chi connectivity index (χ0n) is 23.1. The van der Waals surface area contributed by atoms with Gasteiger partial charge in [0, 0.05) is 5.56 Å². The van der Waals surface area contributed by atoms with Gasteiger partial charge in [0.1, 0.15) is 19.0 Å². The first kappa shape index (κ1) is 26.1. The molecule has 204 valence electrons. The molecule has 2 aliphatic rings. The summed E-state index contributed by atoms with van der Waals surface area (Å²) in [6, 6.07) is 16.1. The minimum Gasteiger partial charge on any atom is -0.507 e. The van der Waals surface area contributed by atoms with Crippen LogP contribution in [0.3, 0.4) is 0 Å². The second kappa shape index (κ2) is 9.48. The number of aryl methyl sites for hydroxylation is 2. The first-order chi connectivity index (χ1) is 19.0. The summed E-state index contributed by atoms with van der Waals surface area (Å²) >= 11 is 1.36. The van der Waals surface area contributed by atoms with Crippen LogP contribution in [0, 0.1) is 13.8 Å². The van der Waals surface area contributed by atoms with Crippen LogP contribution < -0.4 is 14.4 Å². The standard InChI is InChI=1S/C32H30N2O5S/c1-17-14-18(2)26-24(15-17)40-31(33-26)34-27(19-6-9-21(10-7-19)32(3,4)5)25(29(36)30(34)37)28(35)20-8-11-22-23(16-20)39-13-12-38-22/h6-11,14-16,27,35H,12-13H2,1-5H3/b28-25+. The molecule has 8 heteroatoms. The SMILES string of the molecule is Cc1cc(C)c2nc(N3C(=O)C(=O)/C(=C(/O)c4ccc5c(c4)OCCO5)C3c3ccc(C(C)(C)C)cc3)sc2c1. The molecule has 0 saturated carbocycles. The second-order valence-corrected chi connectivity index (χ2v) is 12.3. The number of hydrogen-bond acceptors (Lipinski definition) is 7. The third-order valence-corrected chi connectivity index (χ3v) is 8.38. The number of benzene rings is 3. The fourth-order valence-corrected chi connectivity index (χ4v) is 6.49. The quantitative estimate of drug-likeness (QED) is 0.174. The van der Waals surface area contributed by atoms with Gasteiger partial charge in [-0.3, -0.25) is 14.5 Å². The smallest absolute Gasteiger partial charge is 0.301 e. The van der Waals surface area contributed by atoms with E-state index >= 15 is 0 Å². The van der Waals surface area contributed by atoms with Crippen molar-refractivity contribution in [3.05, 3.63) is 88.0 Å². The lowest BCUT2D eigenvalue weighted by Gasteiger charge is -2.25. The van der Waals surface area contributed by atoms with E-state index in [9.17, 15) is 14.7 Å². The minimum atomic E-state index is -0.857. The highest BCUT2D eigenvalue weighted by atomic mass is 32.1. The van der Waals surface area contributed by atoms with Crippen molar-refractivity contribution in [2.45, 2.75) is 46.1 Å². The number of carbonyl (C=O) groups excluding carboxylic acids is 2. The van der Waals surface area contributed by atoms with Crippen molar-refractivity contribution in [3.63, 3.8) is 0 Å². The van der Waals surface area contributed by atoms with Gasteiger partial charge in [-0.15, -0.1) is 0 Å². The van der Waals surface area contributed by atoms with E-state index in [1.165, 1.54) is 16.2 Å². The zero-order chi connectivity index (χ0) is 28.3. The van der Waals surface area contributed by atoms with Crippen molar-refractivity contribution in [1.29, 1.82) is 0 Å². The molecule has 1 saturated heterocycles. The summed E-state index contributed by atoms with van der Waals surface area (Å²) in [6.45, 7) is 11.2. The normalized spacial score (nSPS) is 18.5. The van der Waals surface area contributed by atoms with Crippen molar-refractivity contribution in [1.82, 2.24) is 4.98 Å². The van der Waals surface area contributed by atoms with Crippen molar-refractivity contribution in [2.24, 2.45) is 0 Å². The van der Waals surface area contributed by atoms with Crippen LogP contribution in [0.1, 0.15) is 54.6 Å². The van der Waals surface area contributed by atoms with Crippen molar-refractivity contribution in [2.75, 3.05) is 18.1 Å². The van der Waals surface area contributed by atoms with Crippen LogP contribution in [0.15, 0.2) is 60.2 Å². The van der Waals surface area contributed by atoms with Gasteiger partial charge in [0.05, 0.1) is 21.8 Å². The van der Waals surface area contributed by atoms with Gasteiger partial charge in [-0.2, -0.15) is 0 Å². The highest BCUT2D eigenvalue weighted by molar-refractivity contribution is 7.22. The molecule has 0 bridgehead atoms. The number of nitrogens with zero attached hydrogens (tertiary/aromatic N) is 2. The Morgan fingerprint density at radius 1 is 0.975 bits per heavy atom. The minimum absolute atomic E-state index is 0.0114. The molecule has 6 rings (SSSR count). The van der Waals surface area contributed by atoms with Crippen LogP contribution in [-0.2, 0) is 15.0 Å². The summed E-state index contributed by atoms with van der Waals surface area (Å²) in [7, 11) is 0. The van der Waals surface area contributed by atoms with Gasteiger partial charge >= 0.3 is 5.91 Å². The Morgan fingerprint density at radius 2 is 1.68 bits per heavy atom. The molecule has 0 spiro atoms. The number of thiazole rings is 1. The molecule has 1 unspecified atom stereocenters. The average Bonchev–Trinajstić information content (AvgIpc) is 3.46. The number of carbonyl (C=O) groups is 2. The summed E-state index contributed by atoms with van der Waals surface area (Å²) in [5, 5.41) is 12.0. The maximum absolute atomic E-state index is 13.7. The molecular formula is C32H30N2O5S. The predicted molar refractivity (Wildman–Crippen MR) is 156 cm³/mol. The van der Waals surface area contributed by atoms with E-state index in [0.29, 0.717) is 41.0 Å². The average molecular weight is 555 g/mol. The van der Waals surface area contributed by atoms with Crippen LogP contribution in [-0.4, -0.2) is 35.0 Å². The van der Waals surface area contributed by atoms with E-state index in [0.717, 1.165) is 26.9 Å². The Hall–Kier alpha value is -4.17. The summed E-state index contributed by atoms with van der Waals surface area (Å²) in [5.41, 5.74) is 5.01. The van der Waals surface area contributed by atoms with Gasteiger partial charge in [-0.25, -0.2) is 4.98 Å². The van der Waals surface area contributed by atoms with Gasteiger partial charge < -0.3 is 14.6 Å². The Kier molecular flexibility index (Phi) is 6.18. The molecule has 0 aliphatic carbocycles. The molecule has 0 radical (unpaired) electrons. The lowest BCUT2D eigenvalue weighted by atomic mass is 9.85. The van der Waals surface area contributed by atoms with Crippen LogP contribution in [0.2, 0.25) is 0 Å². The van der Waals surface area contributed by atoms with Gasteiger partial charge in [0.2, 0.25) is 0 Å². The van der Waals surface area contributed by atoms with Crippen molar-refractivity contribution in [3.8, 4) is 11.5 Å². The van der Waals surface area contributed by atoms with E-state index in [-0.39, 0.29) is 16.7 Å². The van der Waals surface area contributed by atoms with E-state index in [1.807, 2.05) is 50.2 Å². The molecule has 7 nitrogen and oxygen atoms in total. The molecule has 2 aliphatic heterocycles. The summed E-state index contributed by atoms with van der Waals surface area (Å²) in [4.78, 5) is 33.6. The second-order valence-electron chi connectivity index (χ2n) is 11.3. The van der Waals surface area contributed by atoms with E-state index in [1.54, 1.807) is 18.2 Å². The number of rotatable bonds is 3. The maximum atomic E-state index is 13.7. The van der Waals surface area contributed by atoms with Crippen molar-refractivity contribution >= 4 is 44.1 Å². The highest BCUT2D eigenvalue weighted by Crippen LogP contribution is 2.45.